The maximum absolute atomic E-state index is 6.08. The van der Waals surface area contributed by atoms with Gasteiger partial charge in [-0.2, -0.15) is 0 Å². The molecule has 0 spiro atoms. The zero-order chi connectivity index (χ0) is 19.3. The lowest BCUT2D eigenvalue weighted by atomic mass is 10.1. The molecule has 1 aromatic carbocycles. The maximum atomic E-state index is 6.08. The van der Waals surface area contributed by atoms with Crippen molar-refractivity contribution in [2.24, 2.45) is 10.9 Å². The zero-order valence-electron chi connectivity index (χ0n) is 17.8. The molecule has 1 heterocycles. The van der Waals surface area contributed by atoms with Crippen LogP contribution < -0.4 is 10.6 Å². The molecule has 1 aliphatic rings. The van der Waals surface area contributed by atoms with E-state index in [4.69, 9.17) is 4.74 Å². The van der Waals surface area contributed by atoms with Crippen molar-refractivity contribution in [3.63, 3.8) is 0 Å². The Balaban J connectivity index is 0.00000392. The van der Waals surface area contributed by atoms with Crippen molar-refractivity contribution < 1.29 is 4.74 Å². The van der Waals surface area contributed by atoms with E-state index in [1.807, 2.05) is 7.05 Å². The highest BCUT2D eigenvalue weighted by Gasteiger charge is 2.19. The Hall–Kier alpha value is -0.860. The molecule has 0 radical (unpaired) electrons. The van der Waals surface area contributed by atoms with Gasteiger partial charge in [0.25, 0.3) is 0 Å². The van der Waals surface area contributed by atoms with Crippen LogP contribution in [0.25, 0.3) is 0 Å². The van der Waals surface area contributed by atoms with Crippen LogP contribution in [0, 0.1) is 5.92 Å². The van der Waals surface area contributed by atoms with E-state index in [1.165, 1.54) is 5.56 Å². The highest BCUT2D eigenvalue weighted by atomic mass is 127. The minimum atomic E-state index is 0. The summed E-state index contributed by atoms with van der Waals surface area (Å²) in [6.45, 7) is 10.5. The summed E-state index contributed by atoms with van der Waals surface area (Å²) in [5.41, 5.74) is 1.40. The van der Waals surface area contributed by atoms with Crippen molar-refractivity contribution in [2.45, 2.75) is 52.2 Å². The molecule has 1 aromatic rings. The normalized spacial score (nSPS) is 16.1. The van der Waals surface area contributed by atoms with Gasteiger partial charge in [0, 0.05) is 46.4 Å². The second kappa shape index (κ2) is 15.0. The van der Waals surface area contributed by atoms with Crippen LogP contribution in [0.2, 0.25) is 0 Å². The number of nitrogens with one attached hydrogen (secondary N) is 2. The van der Waals surface area contributed by atoms with E-state index < -0.39 is 0 Å². The summed E-state index contributed by atoms with van der Waals surface area (Å²) < 4.78 is 6.08. The van der Waals surface area contributed by atoms with Gasteiger partial charge in [-0.1, -0.05) is 44.2 Å². The van der Waals surface area contributed by atoms with Gasteiger partial charge in [0.2, 0.25) is 0 Å². The van der Waals surface area contributed by atoms with Gasteiger partial charge < -0.3 is 15.4 Å². The molecule has 0 saturated carbocycles. The van der Waals surface area contributed by atoms with E-state index in [9.17, 15) is 0 Å². The predicted octanol–water partition coefficient (Wildman–Crippen LogP) is 3.89. The Morgan fingerprint density at radius 1 is 1.14 bits per heavy atom. The van der Waals surface area contributed by atoms with Crippen molar-refractivity contribution in [3.8, 4) is 0 Å². The van der Waals surface area contributed by atoms with E-state index in [2.05, 4.69) is 64.7 Å². The summed E-state index contributed by atoms with van der Waals surface area (Å²) in [7, 11) is 1.82. The minimum absolute atomic E-state index is 0. The first kappa shape index (κ1) is 25.2. The van der Waals surface area contributed by atoms with Crippen LogP contribution in [-0.4, -0.2) is 56.8 Å². The third kappa shape index (κ3) is 10.6. The van der Waals surface area contributed by atoms with E-state index in [0.717, 1.165) is 71.0 Å². The number of rotatable bonds is 10. The highest BCUT2D eigenvalue weighted by Crippen LogP contribution is 2.16. The molecule has 1 fully saturated rings. The molecule has 0 atom stereocenters. The molecule has 0 unspecified atom stereocenters. The number of likely N-dealkylation sites (tertiary alicyclic amines) is 1. The molecular formula is C22H39IN4O. The van der Waals surface area contributed by atoms with Crippen molar-refractivity contribution in [2.75, 3.05) is 39.8 Å². The van der Waals surface area contributed by atoms with Gasteiger partial charge >= 0.3 is 0 Å². The SMILES string of the molecule is CN=C(NCCCOC1CCN(Cc2ccccc2)CC1)NCCC(C)C.I. The summed E-state index contributed by atoms with van der Waals surface area (Å²) in [6, 6.07) is 10.7. The maximum Gasteiger partial charge on any atom is 0.190 e. The number of halogens is 1. The topological polar surface area (TPSA) is 48.9 Å². The fourth-order valence-electron chi connectivity index (χ4n) is 3.30. The number of benzene rings is 1. The molecule has 2 N–H and O–H groups in total. The first-order valence-electron chi connectivity index (χ1n) is 10.5. The lowest BCUT2D eigenvalue weighted by Crippen LogP contribution is -2.39. The van der Waals surface area contributed by atoms with Crippen LogP contribution in [0.4, 0.5) is 0 Å². The third-order valence-corrected chi connectivity index (χ3v) is 4.99. The number of hydrogen-bond donors (Lipinski definition) is 2. The van der Waals surface area contributed by atoms with Crippen molar-refractivity contribution in [3.05, 3.63) is 35.9 Å². The number of piperidine rings is 1. The summed E-state index contributed by atoms with van der Waals surface area (Å²) >= 11 is 0. The third-order valence-electron chi connectivity index (χ3n) is 4.99. The van der Waals surface area contributed by atoms with Gasteiger partial charge in [0.05, 0.1) is 6.10 Å². The summed E-state index contributed by atoms with van der Waals surface area (Å²) in [5, 5.41) is 6.72. The van der Waals surface area contributed by atoms with Crippen LogP contribution in [0.1, 0.15) is 45.1 Å². The Bertz CT molecular complexity index is 531. The van der Waals surface area contributed by atoms with Gasteiger partial charge in [-0.3, -0.25) is 9.89 Å². The largest absolute Gasteiger partial charge is 0.378 e. The van der Waals surface area contributed by atoms with E-state index in [1.54, 1.807) is 0 Å². The van der Waals surface area contributed by atoms with E-state index in [-0.39, 0.29) is 24.0 Å². The van der Waals surface area contributed by atoms with Gasteiger partial charge in [-0.05, 0) is 37.2 Å². The van der Waals surface area contributed by atoms with Gasteiger partial charge in [0.1, 0.15) is 0 Å². The molecule has 5 nitrogen and oxygen atoms in total. The second-order valence-corrected chi connectivity index (χ2v) is 7.79. The Kier molecular flexibility index (Phi) is 13.5. The van der Waals surface area contributed by atoms with E-state index in [0.29, 0.717) is 12.0 Å². The molecule has 1 saturated heterocycles. The lowest BCUT2D eigenvalue weighted by molar-refractivity contribution is 0.00534. The molecule has 0 aromatic heterocycles. The average molecular weight is 502 g/mol. The number of hydrogen-bond acceptors (Lipinski definition) is 3. The van der Waals surface area contributed by atoms with Crippen LogP contribution >= 0.6 is 24.0 Å². The molecule has 0 bridgehead atoms. The second-order valence-electron chi connectivity index (χ2n) is 7.79. The molecule has 0 amide bonds. The zero-order valence-corrected chi connectivity index (χ0v) is 20.2. The fraction of sp³-hybridized carbons (Fsp3) is 0.682. The van der Waals surface area contributed by atoms with Crippen LogP contribution in [-0.2, 0) is 11.3 Å². The first-order valence-corrected chi connectivity index (χ1v) is 10.5. The number of guanidine groups is 1. The molecule has 2 rings (SSSR count). The van der Waals surface area contributed by atoms with Crippen molar-refractivity contribution >= 4 is 29.9 Å². The molecule has 160 valence electrons. The van der Waals surface area contributed by atoms with Gasteiger partial charge in [-0.15, -0.1) is 24.0 Å². The number of nitrogens with zero attached hydrogens (tertiary/aromatic N) is 2. The first-order chi connectivity index (χ1) is 13.2. The Labute approximate surface area is 188 Å². The number of aliphatic imine (C=N–C) groups is 1. The fourth-order valence-corrected chi connectivity index (χ4v) is 3.30. The standard InChI is InChI=1S/C22H38N4O.HI/c1-19(2)10-14-25-22(23-3)24-13-7-17-27-21-11-15-26(16-12-21)18-20-8-5-4-6-9-20;/h4-6,8-9,19,21H,7,10-18H2,1-3H3,(H2,23,24,25);1H. The Morgan fingerprint density at radius 2 is 1.82 bits per heavy atom. The quantitative estimate of drug-likeness (QED) is 0.221. The number of ether oxygens (including phenoxy) is 1. The molecule has 28 heavy (non-hydrogen) atoms. The monoisotopic (exact) mass is 502 g/mol. The molecule has 1 aliphatic heterocycles. The van der Waals surface area contributed by atoms with Crippen LogP contribution in [0.5, 0.6) is 0 Å². The van der Waals surface area contributed by atoms with Crippen molar-refractivity contribution in [1.82, 2.24) is 15.5 Å². The summed E-state index contributed by atoms with van der Waals surface area (Å²) in [6.07, 6.45) is 4.86. The smallest absolute Gasteiger partial charge is 0.190 e. The summed E-state index contributed by atoms with van der Waals surface area (Å²) in [5.74, 6) is 1.60. The average Bonchev–Trinajstić information content (AvgIpc) is 2.68. The molecule has 6 heteroatoms. The van der Waals surface area contributed by atoms with Gasteiger partial charge in [-0.25, -0.2) is 0 Å². The predicted molar refractivity (Wildman–Crippen MR) is 130 cm³/mol. The van der Waals surface area contributed by atoms with Gasteiger partial charge in [0.15, 0.2) is 5.96 Å². The summed E-state index contributed by atoms with van der Waals surface area (Å²) in [4.78, 5) is 6.79. The minimum Gasteiger partial charge on any atom is -0.378 e. The molecular weight excluding hydrogens is 463 g/mol. The van der Waals surface area contributed by atoms with E-state index >= 15 is 0 Å². The highest BCUT2D eigenvalue weighted by molar-refractivity contribution is 14.0. The molecule has 0 aliphatic carbocycles. The Morgan fingerprint density at radius 3 is 2.46 bits per heavy atom. The lowest BCUT2D eigenvalue weighted by Gasteiger charge is -2.32. The van der Waals surface area contributed by atoms with Crippen LogP contribution in [0.3, 0.4) is 0 Å². The van der Waals surface area contributed by atoms with Crippen LogP contribution in [0.15, 0.2) is 35.3 Å². The van der Waals surface area contributed by atoms with Crippen molar-refractivity contribution in [1.29, 1.82) is 0 Å².